The molecular weight excluding hydrogens is 334 g/mol. The van der Waals surface area contributed by atoms with Crippen molar-refractivity contribution < 1.29 is 19.4 Å². The molecule has 1 spiro atoms. The summed E-state index contributed by atoms with van der Waals surface area (Å²) in [7, 11) is 2.00. The summed E-state index contributed by atoms with van der Waals surface area (Å²) in [5.41, 5.74) is 1.31. The molecule has 1 unspecified atom stereocenters. The zero-order valence-electron chi connectivity index (χ0n) is 15.6. The van der Waals surface area contributed by atoms with Gasteiger partial charge in [-0.15, -0.1) is 0 Å². The fraction of sp³-hybridized carbons (Fsp3) is 0.579. The number of benzene rings is 1. The number of aliphatic hydroxyl groups excluding tert-OH is 1. The Labute approximate surface area is 153 Å². The Morgan fingerprint density at radius 1 is 1.27 bits per heavy atom. The first kappa shape index (κ1) is 18.7. The van der Waals surface area contributed by atoms with Gasteiger partial charge in [-0.25, -0.2) is 4.79 Å². The molecule has 2 N–H and O–H groups in total. The smallest absolute Gasteiger partial charge is 0.325 e. The summed E-state index contributed by atoms with van der Waals surface area (Å²) in [5, 5.41) is 13.1. The van der Waals surface area contributed by atoms with Gasteiger partial charge in [0.15, 0.2) is 0 Å². The highest BCUT2D eigenvalue weighted by molar-refractivity contribution is 6.07. The molecule has 142 valence electrons. The molecule has 1 aromatic carbocycles. The van der Waals surface area contributed by atoms with Crippen LogP contribution in [0.4, 0.5) is 4.79 Å². The van der Waals surface area contributed by atoms with Gasteiger partial charge in [0.2, 0.25) is 0 Å². The molecule has 0 saturated carbocycles. The van der Waals surface area contributed by atoms with Crippen molar-refractivity contribution in [2.24, 2.45) is 0 Å². The normalized spacial score (nSPS) is 21.2. The Bertz CT molecular complexity index is 698. The van der Waals surface area contributed by atoms with Gasteiger partial charge in [0.05, 0.1) is 6.54 Å². The molecule has 0 aromatic heterocycles. The molecule has 7 nitrogen and oxygen atoms in total. The molecule has 2 aliphatic rings. The summed E-state index contributed by atoms with van der Waals surface area (Å²) in [6.07, 6.45) is 0.256. The van der Waals surface area contributed by atoms with Crippen LogP contribution in [0.15, 0.2) is 18.2 Å². The van der Waals surface area contributed by atoms with E-state index in [-0.39, 0.29) is 19.1 Å². The highest BCUT2D eigenvalue weighted by Crippen LogP contribution is 2.29. The monoisotopic (exact) mass is 361 g/mol. The van der Waals surface area contributed by atoms with E-state index in [0.29, 0.717) is 18.6 Å². The van der Waals surface area contributed by atoms with Crippen LogP contribution in [0.1, 0.15) is 24.0 Å². The number of carbonyl (C=O) groups is 2. The van der Waals surface area contributed by atoms with Crippen molar-refractivity contribution in [3.8, 4) is 5.75 Å². The topological polar surface area (TPSA) is 82.1 Å². The molecule has 3 rings (SSSR count). The number of likely N-dealkylation sites (tertiary alicyclic amines) is 1. The van der Waals surface area contributed by atoms with E-state index in [1.54, 1.807) is 0 Å². The van der Waals surface area contributed by atoms with Crippen LogP contribution in [0.5, 0.6) is 5.75 Å². The number of aliphatic hydroxyl groups is 1. The maximum absolute atomic E-state index is 12.8. The second kappa shape index (κ2) is 7.25. The number of rotatable bonds is 5. The van der Waals surface area contributed by atoms with Crippen LogP contribution in [0.25, 0.3) is 0 Å². The molecule has 0 bridgehead atoms. The standard InChI is InChI=1S/C19H27N3O4/c1-13-4-5-16(14(2)10-13)26-12-15(23)11-22-17(24)19(20-18(22)25)6-8-21(3)9-7-19/h4-5,10,15,23H,6-9,11-12H2,1-3H3,(H,20,25). The third-order valence-corrected chi connectivity index (χ3v) is 5.24. The molecule has 26 heavy (non-hydrogen) atoms. The number of β-amino-alcohol motifs (C(OH)–C–C–N with tert-alkyl or cyclic N) is 1. The van der Waals surface area contributed by atoms with Gasteiger partial charge in [-0.2, -0.15) is 0 Å². The molecule has 2 aliphatic heterocycles. The zero-order valence-corrected chi connectivity index (χ0v) is 15.6. The molecule has 0 radical (unpaired) electrons. The molecule has 1 atom stereocenters. The van der Waals surface area contributed by atoms with Crippen LogP contribution in [0.3, 0.4) is 0 Å². The predicted molar refractivity (Wildman–Crippen MR) is 97.1 cm³/mol. The lowest BCUT2D eigenvalue weighted by atomic mass is 9.87. The van der Waals surface area contributed by atoms with Gasteiger partial charge < -0.3 is 20.1 Å². The van der Waals surface area contributed by atoms with E-state index in [4.69, 9.17) is 4.74 Å². The van der Waals surface area contributed by atoms with Gasteiger partial charge in [0, 0.05) is 13.1 Å². The maximum atomic E-state index is 12.8. The molecule has 7 heteroatoms. The van der Waals surface area contributed by atoms with Crippen LogP contribution in [0.2, 0.25) is 0 Å². The number of hydrogen-bond donors (Lipinski definition) is 2. The molecule has 2 heterocycles. The number of nitrogens with one attached hydrogen (secondary N) is 1. The zero-order chi connectivity index (χ0) is 18.9. The van der Waals surface area contributed by atoms with Gasteiger partial charge in [0.25, 0.3) is 5.91 Å². The lowest BCUT2D eigenvalue weighted by Crippen LogP contribution is -2.54. The Morgan fingerprint density at radius 2 is 1.96 bits per heavy atom. The van der Waals surface area contributed by atoms with E-state index < -0.39 is 17.7 Å². The van der Waals surface area contributed by atoms with Crippen LogP contribution in [-0.2, 0) is 4.79 Å². The van der Waals surface area contributed by atoms with E-state index in [1.807, 2.05) is 39.1 Å². The van der Waals surface area contributed by atoms with Crippen molar-refractivity contribution >= 4 is 11.9 Å². The molecule has 1 aromatic rings. The predicted octanol–water partition coefficient (Wildman–Crippen LogP) is 1.06. The number of aryl methyl sites for hydroxylation is 2. The van der Waals surface area contributed by atoms with Crippen molar-refractivity contribution in [3.63, 3.8) is 0 Å². The van der Waals surface area contributed by atoms with Crippen molar-refractivity contribution in [2.45, 2.75) is 38.3 Å². The average Bonchev–Trinajstić information content (AvgIpc) is 2.81. The summed E-state index contributed by atoms with van der Waals surface area (Å²) in [6.45, 7) is 5.43. The van der Waals surface area contributed by atoms with Crippen LogP contribution >= 0.6 is 0 Å². The van der Waals surface area contributed by atoms with E-state index in [1.165, 1.54) is 0 Å². The van der Waals surface area contributed by atoms with Gasteiger partial charge in [0.1, 0.15) is 24.0 Å². The molecule has 3 amide bonds. The van der Waals surface area contributed by atoms with E-state index >= 15 is 0 Å². The number of imide groups is 1. The Balaban J connectivity index is 1.58. The Hall–Kier alpha value is -2.12. The number of hydrogen-bond acceptors (Lipinski definition) is 5. The van der Waals surface area contributed by atoms with Gasteiger partial charge >= 0.3 is 6.03 Å². The van der Waals surface area contributed by atoms with Crippen LogP contribution < -0.4 is 10.1 Å². The minimum Gasteiger partial charge on any atom is -0.491 e. The number of urea groups is 1. The highest BCUT2D eigenvalue weighted by Gasteiger charge is 2.52. The second-order valence-corrected chi connectivity index (χ2v) is 7.47. The lowest BCUT2D eigenvalue weighted by Gasteiger charge is -2.35. The van der Waals surface area contributed by atoms with Crippen molar-refractivity contribution in [1.29, 1.82) is 0 Å². The first-order valence-corrected chi connectivity index (χ1v) is 9.01. The number of nitrogens with zero attached hydrogens (tertiary/aromatic N) is 2. The SMILES string of the molecule is Cc1ccc(OCC(O)CN2C(=O)NC3(CCN(C)CC3)C2=O)c(C)c1. The third kappa shape index (κ3) is 3.68. The van der Waals surface area contributed by atoms with Crippen molar-refractivity contribution in [3.05, 3.63) is 29.3 Å². The van der Waals surface area contributed by atoms with Crippen LogP contribution in [-0.4, -0.2) is 71.8 Å². The fourth-order valence-electron chi connectivity index (χ4n) is 3.59. The third-order valence-electron chi connectivity index (χ3n) is 5.24. The van der Waals surface area contributed by atoms with Crippen LogP contribution in [0, 0.1) is 13.8 Å². The summed E-state index contributed by atoms with van der Waals surface area (Å²) in [4.78, 5) is 28.3. The second-order valence-electron chi connectivity index (χ2n) is 7.47. The summed E-state index contributed by atoms with van der Waals surface area (Å²) in [6, 6.07) is 5.38. The Morgan fingerprint density at radius 3 is 2.62 bits per heavy atom. The fourth-order valence-corrected chi connectivity index (χ4v) is 3.59. The minimum absolute atomic E-state index is 0.0245. The largest absolute Gasteiger partial charge is 0.491 e. The summed E-state index contributed by atoms with van der Waals surface area (Å²) in [5.74, 6) is 0.458. The highest BCUT2D eigenvalue weighted by atomic mass is 16.5. The van der Waals surface area contributed by atoms with Gasteiger partial charge in [-0.3, -0.25) is 9.69 Å². The van der Waals surface area contributed by atoms with Gasteiger partial charge in [-0.05, 0) is 45.4 Å². The summed E-state index contributed by atoms with van der Waals surface area (Å²) >= 11 is 0. The van der Waals surface area contributed by atoms with E-state index in [9.17, 15) is 14.7 Å². The molecule has 2 fully saturated rings. The van der Waals surface area contributed by atoms with Crippen molar-refractivity contribution in [2.75, 3.05) is 33.3 Å². The summed E-state index contributed by atoms with van der Waals surface area (Å²) < 4.78 is 5.66. The van der Waals surface area contributed by atoms with Crippen molar-refractivity contribution in [1.82, 2.24) is 15.1 Å². The molecular formula is C19H27N3O4. The number of piperidine rings is 1. The quantitative estimate of drug-likeness (QED) is 0.767. The number of ether oxygens (including phenoxy) is 1. The maximum Gasteiger partial charge on any atom is 0.325 e. The number of amides is 3. The lowest BCUT2D eigenvalue weighted by molar-refractivity contribution is -0.134. The first-order valence-electron chi connectivity index (χ1n) is 9.01. The average molecular weight is 361 g/mol. The molecule has 0 aliphatic carbocycles. The Kier molecular flexibility index (Phi) is 5.20. The van der Waals surface area contributed by atoms with E-state index in [2.05, 4.69) is 10.2 Å². The molecule has 2 saturated heterocycles. The van der Waals surface area contributed by atoms with E-state index in [0.717, 1.165) is 29.1 Å². The minimum atomic E-state index is -0.938. The van der Waals surface area contributed by atoms with Gasteiger partial charge in [-0.1, -0.05) is 17.7 Å². The first-order chi connectivity index (χ1) is 12.3. The number of carbonyl (C=O) groups excluding carboxylic acids is 2.